The highest BCUT2D eigenvalue weighted by molar-refractivity contribution is 8.00. The third-order valence-electron chi connectivity index (χ3n) is 2.28. The number of nitrogens with zero attached hydrogens (tertiary/aromatic N) is 2. The largest absolute Gasteiger partial charge is 0.369 e. The van der Waals surface area contributed by atoms with Gasteiger partial charge in [0.05, 0.1) is 10.8 Å². The van der Waals surface area contributed by atoms with Crippen LogP contribution < -0.4 is 5.73 Å². The van der Waals surface area contributed by atoms with Crippen LogP contribution in [0.3, 0.4) is 0 Å². The Morgan fingerprint density at radius 2 is 2.22 bits per heavy atom. The first-order chi connectivity index (χ1) is 8.58. The lowest BCUT2D eigenvalue weighted by Crippen LogP contribution is -2.22. The molecule has 3 N–H and O–H groups in total. The lowest BCUT2D eigenvalue weighted by Gasteiger charge is -2.01. The first kappa shape index (κ1) is 12.6. The van der Waals surface area contributed by atoms with Gasteiger partial charge >= 0.3 is 0 Å². The van der Waals surface area contributed by atoms with E-state index in [1.807, 2.05) is 0 Å². The number of thioether (sulfide) groups is 1. The predicted octanol–water partition coefficient (Wildman–Crippen LogP) is 1.58. The van der Waals surface area contributed by atoms with Crippen LogP contribution in [0.2, 0.25) is 0 Å². The van der Waals surface area contributed by atoms with E-state index in [-0.39, 0.29) is 5.82 Å². The summed E-state index contributed by atoms with van der Waals surface area (Å²) in [6.07, 6.45) is 0. The number of aromatic nitrogens is 3. The van der Waals surface area contributed by atoms with E-state index in [9.17, 15) is 9.18 Å². The number of hydrogen-bond donors (Lipinski definition) is 2. The zero-order valence-corrected chi connectivity index (χ0v) is 10.4. The van der Waals surface area contributed by atoms with Gasteiger partial charge in [-0.3, -0.25) is 9.89 Å². The molecule has 0 unspecified atom stereocenters. The summed E-state index contributed by atoms with van der Waals surface area (Å²) in [6.45, 7) is 1.66. The van der Waals surface area contributed by atoms with Crippen molar-refractivity contribution in [1.29, 1.82) is 0 Å². The Morgan fingerprint density at radius 3 is 2.89 bits per heavy atom. The zero-order valence-electron chi connectivity index (χ0n) is 9.55. The van der Waals surface area contributed by atoms with Crippen molar-refractivity contribution in [2.24, 2.45) is 5.73 Å². The second kappa shape index (κ2) is 5.18. The smallest absolute Gasteiger partial charge is 0.230 e. The lowest BCUT2D eigenvalue weighted by atomic mass is 10.2. The number of carbonyl (C=O) groups excluding carboxylic acids is 1. The number of primary amides is 1. The summed E-state index contributed by atoms with van der Waals surface area (Å²) < 4.78 is 13.5. The van der Waals surface area contributed by atoms with Crippen molar-refractivity contribution in [2.75, 3.05) is 0 Å². The third-order valence-corrected chi connectivity index (χ3v) is 3.26. The van der Waals surface area contributed by atoms with E-state index in [2.05, 4.69) is 15.2 Å². The molecule has 0 aliphatic rings. The second-order valence-corrected chi connectivity index (χ2v) is 4.92. The second-order valence-electron chi connectivity index (χ2n) is 3.61. The third kappa shape index (κ3) is 2.67. The molecule has 2 aromatic rings. The average Bonchev–Trinajstić information content (AvgIpc) is 2.77. The number of halogens is 1. The molecule has 1 aromatic carbocycles. The van der Waals surface area contributed by atoms with Crippen LogP contribution in [0.4, 0.5) is 4.39 Å². The highest BCUT2D eigenvalue weighted by Crippen LogP contribution is 2.23. The van der Waals surface area contributed by atoms with Crippen LogP contribution >= 0.6 is 11.8 Å². The quantitative estimate of drug-likeness (QED) is 0.823. The van der Waals surface area contributed by atoms with Crippen LogP contribution in [-0.4, -0.2) is 26.3 Å². The van der Waals surface area contributed by atoms with Crippen molar-refractivity contribution in [1.82, 2.24) is 15.2 Å². The molecule has 94 valence electrons. The highest BCUT2D eigenvalue weighted by Gasteiger charge is 2.15. The molecule has 0 saturated carbocycles. The minimum Gasteiger partial charge on any atom is -0.369 e. The van der Waals surface area contributed by atoms with Gasteiger partial charge in [-0.2, -0.15) is 0 Å². The van der Waals surface area contributed by atoms with Crippen LogP contribution in [0.25, 0.3) is 11.4 Å². The fourth-order valence-corrected chi connectivity index (χ4v) is 1.96. The van der Waals surface area contributed by atoms with Crippen molar-refractivity contribution in [2.45, 2.75) is 17.3 Å². The molecule has 0 saturated heterocycles. The number of hydrogen-bond acceptors (Lipinski definition) is 4. The van der Waals surface area contributed by atoms with E-state index in [0.29, 0.717) is 16.5 Å². The molecule has 0 aliphatic carbocycles. The Morgan fingerprint density at radius 1 is 1.50 bits per heavy atom. The van der Waals surface area contributed by atoms with Gasteiger partial charge in [0.1, 0.15) is 5.82 Å². The van der Waals surface area contributed by atoms with Gasteiger partial charge in [0.25, 0.3) is 0 Å². The molecule has 0 fully saturated rings. The van der Waals surface area contributed by atoms with E-state index in [4.69, 9.17) is 5.73 Å². The van der Waals surface area contributed by atoms with Crippen molar-refractivity contribution in [3.05, 3.63) is 30.1 Å². The number of aromatic amines is 1. The average molecular weight is 266 g/mol. The normalized spacial score (nSPS) is 12.3. The van der Waals surface area contributed by atoms with E-state index in [0.717, 1.165) is 11.8 Å². The number of amides is 1. The van der Waals surface area contributed by atoms with Crippen LogP contribution in [0.5, 0.6) is 0 Å². The molecule has 18 heavy (non-hydrogen) atoms. The molecule has 7 heteroatoms. The predicted molar refractivity (Wildman–Crippen MR) is 66.3 cm³/mol. The van der Waals surface area contributed by atoms with E-state index < -0.39 is 11.2 Å². The number of carbonyl (C=O) groups is 1. The maximum atomic E-state index is 13.5. The molecule has 0 spiro atoms. The van der Waals surface area contributed by atoms with Crippen molar-refractivity contribution < 1.29 is 9.18 Å². The first-order valence-electron chi connectivity index (χ1n) is 5.21. The van der Waals surface area contributed by atoms with Crippen molar-refractivity contribution in [3.8, 4) is 11.4 Å². The Labute approximate surface area is 107 Å². The molecule has 1 amide bonds. The summed E-state index contributed by atoms with van der Waals surface area (Å²) in [6, 6.07) is 6.25. The summed E-state index contributed by atoms with van der Waals surface area (Å²) in [5.74, 6) is -0.502. The van der Waals surface area contributed by atoms with Gasteiger partial charge in [0.2, 0.25) is 11.1 Å². The highest BCUT2D eigenvalue weighted by atomic mass is 32.2. The summed E-state index contributed by atoms with van der Waals surface area (Å²) in [4.78, 5) is 15.0. The number of benzene rings is 1. The van der Waals surface area contributed by atoms with E-state index in [1.54, 1.807) is 25.1 Å². The number of nitrogens with one attached hydrogen (secondary N) is 1. The fraction of sp³-hybridized carbons (Fsp3) is 0.182. The Kier molecular flexibility index (Phi) is 3.61. The Bertz CT molecular complexity index is 572. The summed E-state index contributed by atoms with van der Waals surface area (Å²) >= 11 is 1.12. The summed E-state index contributed by atoms with van der Waals surface area (Å²) in [5.41, 5.74) is 5.48. The molecule has 0 aliphatic heterocycles. The lowest BCUT2D eigenvalue weighted by molar-refractivity contribution is -0.117. The van der Waals surface area contributed by atoms with Gasteiger partial charge in [-0.15, -0.1) is 5.10 Å². The molecule has 0 radical (unpaired) electrons. The summed E-state index contributed by atoms with van der Waals surface area (Å²) in [5, 5.41) is 6.47. The maximum absolute atomic E-state index is 13.5. The van der Waals surface area contributed by atoms with Crippen LogP contribution in [-0.2, 0) is 4.79 Å². The van der Waals surface area contributed by atoms with Gasteiger partial charge in [-0.25, -0.2) is 9.37 Å². The van der Waals surface area contributed by atoms with E-state index in [1.165, 1.54) is 6.07 Å². The topological polar surface area (TPSA) is 84.7 Å². The van der Waals surface area contributed by atoms with E-state index >= 15 is 0 Å². The minimum atomic E-state index is -0.447. The first-order valence-corrected chi connectivity index (χ1v) is 6.09. The monoisotopic (exact) mass is 266 g/mol. The van der Waals surface area contributed by atoms with Crippen molar-refractivity contribution >= 4 is 17.7 Å². The Hall–Kier alpha value is -1.89. The zero-order chi connectivity index (χ0) is 13.1. The van der Waals surface area contributed by atoms with Gasteiger partial charge in [-0.1, -0.05) is 23.9 Å². The van der Waals surface area contributed by atoms with Gasteiger partial charge in [0.15, 0.2) is 5.82 Å². The standard InChI is InChI=1S/C11H11FN4OS/c1-6(9(13)17)18-11-14-10(15-16-11)7-4-2-3-5-8(7)12/h2-6H,1H3,(H2,13,17)(H,14,15,16)/t6-/m0/s1. The van der Waals surface area contributed by atoms with Gasteiger partial charge in [-0.05, 0) is 19.1 Å². The van der Waals surface area contributed by atoms with Gasteiger partial charge in [0, 0.05) is 0 Å². The van der Waals surface area contributed by atoms with Gasteiger partial charge < -0.3 is 5.73 Å². The van der Waals surface area contributed by atoms with Crippen LogP contribution in [0.15, 0.2) is 29.4 Å². The summed E-state index contributed by atoms with van der Waals surface area (Å²) in [7, 11) is 0. The SMILES string of the molecule is C[C@H](Sc1n[nH]c(-c2ccccc2F)n1)C(N)=O. The number of rotatable bonds is 4. The number of nitrogens with two attached hydrogens (primary N) is 1. The molecule has 1 aromatic heterocycles. The Balaban J connectivity index is 2.21. The molecule has 1 heterocycles. The molecular weight excluding hydrogens is 255 g/mol. The fourth-order valence-electron chi connectivity index (χ4n) is 1.29. The molecule has 0 bridgehead atoms. The maximum Gasteiger partial charge on any atom is 0.230 e. The molecular formula is C11H11FN4OS. The minimum absolute atomic E-state index is 0.326. The van der Waals surface area contributed by atoms with Crippen LogP contribution in [0, 0.1) is 5.82 Å². The molecule has 5 nitrogen and oxygen atoms in total. The van der Waals surface area contributed by atoms with Crippen LogP contribution in [0.1, 0.15) is 6.92 Å². The number of H-pyrrole nitrogens is 1. The van der Waals surface area contributed by atoms with Crippen molar-refractivity contribution in [3.63, 3.8) is 0 Å². The molecule has 2 rings (SSSR count). The molecule has 1 atom stereocenters.